The monoisotopic (exact) mass is 184 g/mol. The van der Waals surface area contributed by atoms with Crippen LogP contribution in [0.15, 0.2) is 18.2 Å². The summed E-state index contributed by atoms with van der Waals surface area (Å²) in [6.45, 7) is 0. The summed E-state index contributed by atoms with van der Waals surface area (Å²) in [7, 11) is 4.85. The molecule has 0 aliphatic carbocycles. The molecular weight excluding hydrogens is 178 g/mol. The van der Waals surface area contributed by atoms with E-state index in [0.717, 1.165) is 11.3 Å². The molecule has 0 spiro atoms. The zero-order chi connectivity index (χ0) is 7.68. The van der Waals surface area contributed by atoms with Gasteiger partial charge in [0.1, 0.15) is 5.75 Å². The highest BCUT2D eigenvalue weighted by Crippen LogP contribution is 2.25. The average Bonchev–Trinajstić information content (AvgIpc) is 2.50. The number of fused-ring (bicyclic) bond motifs is 1. The van der Waals surface area contributed by atoms with Gasteiger partial charge in [-0.25, -0.2) is 0 Å². The topological polar surface area (TPSA) is 22.1 Å². The van der Waals surface area contributed by atoms with Crippen LogP contribution in [0.3, 0.4) is 0 Å². The number of hydrogen-bond acceptors (Lipinski definition) is 3. The Morgan fingerprint density at radius 2 is 2.45 bits per heavy atom. The number of nitrogens with zero attached hydrogens (tertiary/aromatic N) is 1. The largest absolute Gasteiger partial charge is 0.497 e. The molecule has 0 unspecified atom stereocenters. The Balaban J connectivity index is 2.67. The van der Waals surface area contributed by atoms with Crippen molar-refractivity contribution < 1.29 is 4.74 Å². The first-order chi connectivity index (χ1) is 5.40. The molecule has 0 aliphatic heterocycles. The molecule has 0 atom stereocenters. The number of benzene rings is 1. The number of ether oxygens (including phenoxy) is 1. The van der Waals surface area contributed by atoms with Crippen LogP contribution in [0, 0.1) is 0 Å². The second kappa shape index (κ2) is 2.71. The van der Waals surface area contributed by atoms with Crippen molar-refractivity contribution in [3.8, 4) is 5.75 Å². The van der Waals surface area contributed by atoms with E-state index < -0.39 is 0 Å². The molecule has 2 nitrogen and oxygen atoms in total. The van der Waals surface area contributed by atoms with Gasteiger partial charge < -0.3 is 4.74 Å². The van der Waals surface area contributed by atoms with Gasteiger partial charge in [-0.1, -0.05) is 0 Å². The second-order valence-corrected chi connectivity index (χ2v) is 3.97. The molecule has 1 aromatic heterocycles. The van der Waals surface area contributed by atoms with Crippen LogP contribution in [-0.2, 0) is 0 Å². The Bertz CT molecular complexity index is 371. The van der Waals surface area contributed by atoms with Gasteiger partial charge in [0.05, 0.1) is 7.11 Å². The van der Waals surface area contributed by atoms with Gasteiger partial charge in [0.2, 0.25) is 0 Å². The Kier molecular flexibility index (Phi) is 1.71. The normalized spacial score (nSPS) is 10.3. The molecule has 0 amide bonds. The van der Waals surface area contributed by atoms with Crippen molar-refractivity contribution in [1.29, 1.82) is 0 Å². The molecule has 0 N–H and O–H groups in total. The third-order valence-electron chi connectivity index (χ3n) is 1.43. The number of hydrogen-bond donors (Lipinski definition) is 0. The average molecular weight is 184 g/mol. The Morgan fingerprint density at radius 1 is 1.55 bits per heavy atom. The van der Waals surface area contributed by atoms with E-state index in [4.69, 9.17) is 4.74 Å². The van der Waals surface area contributed by atoms with Gasteiger partial charge in [0.15, 0.2) is 5.52 Å². The van der Waals surface area contributed by atoms with Crippen molar-refractivity contribution in [3.63, 3.8) is 0 Å². The van der Waals surface area contributed by atoms with Crippen molar-refractivity contribution in [2.24, 2.45) is 0 Å². The predicted molar refractivity (Wildman–Crippen MR) is 48.5 cm³/mol. The van der Waals surface area contributed by atoms with Crippen molar-refractivity contribution in [2.75, 3.05) is 7.11 Å². The fourth-order valence-electron chi connectivity index (χ4n) is 0.865. The number of rotatable bonds is 1. The minimum Gasteiger partial charge on any atom is -0.497 e. The van der Waals surface area contributed by atoms with Crippen LogP contribution in [0.1, 0.15) is 0 Å². The SMILES string of the molecule is COc1ccc2[s+]snc2c1. The van der Waals surface area contributed by atoms with Crippen LogP contribution in [0.4, 0.5) is 0 Å². The Hall–Kier alpha value is -0.740. The molecule has 0 radical (unpaired) electrons. The lowest BCUT2D eigenvalue weighted by molar-refractivity contribution is 0.415. The molecule has 0 saturated heterocycles. The van der Waals surface area contributed by atoms with Crippen LogP contribution in [0.5, 0.6) is 5.75 Å². The number of aromatic nitrogens is 1. The molecule has 0 fully saturated rings. The first-order valence-electron chi connectivity index (χ1n) is 3.13. The third kappa shape index (κ3) is 1.19. The molecule has 4 heteroatoms. The van der Waals surface area contributed by atoms with E-state index in [1.54, 1.807) is 17.5 Å². The summed E-state index contributed by atoms with van der Waals surface area (Å²) in [6.07, 6.45) is 0. The second-order valence-electron chi connectivity index (χ2n) is 2.08. The summed E-state index contributed by atoms with van der Waals surface area (Å²) >= 11 is 0. The van der Waals surface area contributed by atoms with Crippen LogP contribution in [-0.4, -0.2) is 11.5 Å². The van der Waals surface area contributed by atoms with E-state index in [0.29, 0.717) is 0 Å². The van der Waals surface area contributed by atoms with Crippen molar-refractivity contribution in [3.05, 3.63) is 18.2 Å². The van der Waals surface area contributed by atoms with Crippen LogP contribution in [0.25, 0.3) is 10.2 Å². The standard InChI is InChI=1S/C7H6NOS2/c1-9-5-2-3-7-6(4-5)8-11-10-7/h2-4H,1H3/q+1. The Labute approximate surface area is 71.6 Å². The maximum Gasteiger partial charge on any atom is 0.323 e. The van der Waals surface area contributed by atoms with Gasteiger partial charge in [0, 0.05) is 12.1 Å². The van der Waals surface area contributed by atoms with E-state index in [1.165, 1.54) is 15.2 Å². The van der Waals surface area contributed by atoms with E-state index >= 15 is 0 Å². The maximum absolute atomic E-state index is 5.06. The highest BCUT2D eigenvalue weighted by Gasteiger charge is 2.08. The quantitative estimate of drug-likeness (QED) is 0.502. The van der Waals surface area contributed by atoms with Gasteiger partial charge in [0.25, 0.3) is 15.2 Å². The van der Waals surface area contributed by atoms with E-state index in [1.807, 2.05) is 18.2 Å². The van der Waals surface area contributed by atoms with Crippen molar-refractivity contribution >= 4 is 31.1 Å². The first-order valence-corrected chi connectivity index (χ1v) is 5.23. The molecule has 0 aliphatic rings. The molecular formula is C7H6NOS2+. The summed E-state index contributed by atoms with van der Waals surface area (Å²) in [5.41, 5.74) is 1.03. The third-order valence-corrected chi connectivity index (χ3v) is 3.29. The Morgan fingerprint density at radius 3 is 3.27 bits per heavy atom. The van der Waals surface area contributed by atoms with E-state index in [-0.39, 0.29) is 0 Å². The van der Waals surface area contributed by atoms with Gasteiger partial charge in [-0.3, -0.25) is 0 Å². The molecule has 1 aromatic carbocycles. The smallest absolute Gasteiger partial charge is 0.323 e. The lowest BCUT2D eigenvalue weighted by Crippen LogP contribution is -1.80. The van der Waals surface area contributed by atoms with Gasteiger partial charge in [-0.15, -0.1) is 4.37 Å². The highest BCUT2D eigenvalue weighted by molar-refractivity contribution is 7.69. The van der Waals surface area contributed by atoms with Gasteiger partial charge in [-0.2, -0.15) is 0 Å². The number of methoxy groups -OCH3 is 1. The fraction of sp³-hybridized carbons (Fsp3) is 0.143. The molecule has 0 saturated carbocycles. The van der Waals surface area contributed by atoms with E-state index in [2.05, 4.69) is 4.37 Å². The van der Waals surface area contributed by atoms with Gasteiger partial charge in [-0.05, 0) is 6.07 Å². The lowest BCUT2D eigenvalue weighted by atomic mass is 10.3. The summed E-state index contributed by atoms with van der Waals surface area (Å²) < 4.78 is 10.5. The zero-order valence-electron chi connectivity index (χ0n) is 5.90. The maximum atomic E-state index is 5.06. The lowest BCUT2D eigenvalue weighted by Gasteiger charge is -1.93. The highest BCUT2D eigenvalue weighted by atomic mass is 32.9. The summed E-state index contributed by atoms with van der Waals surface area (Å²) in [5.74, 6) is 0.871. The molecule has 2 aromatic rings. The molecule has 2 rings (SSSR count). The van der Waals surface area contributed by atoms with Crippen molar-refractivity contribution in [1.82, 2.24) is 4.37 Å². The van der Waals surface area contributed by atoms with E-state index in [9.17, 15) is 0 Å². The van der Waals surface area contributed by atoms with Crippen LogP contribution < -0.4 is 4.74 Å². The van der Waals surface area contributed by atoms with Crippen molar-refractivity contribution in [2.45, 2.75) is 0 Å². The zero-order valence-corrected chi connectivity index (χ0v) is 7.54. The molecule has 56 valence electrons. The van der Waals surface area contributed by atoms with Gasteiger partial charge >= 0.3 is 10.3 Å². The van der Waals surface area contributed by atoms with Crippen LogP contribution >= 0.6 is 20.9 Å². The summed E-state index contributed by atoms with van der Waals surface area (Å²) in [6, 6.07) is 5.93. The van der Waals surface area contributed by atoms with Crippen LogP contribution in [0.2, 0.25) is 0 Å². The molecule has 0 bridgehead atoms. The minimum atomic E-state index is 0.871. The fourth-order valence-corrected chi connectivity index (χ4v) is 2.60. The molecule has 11 heavy (non-hydrogen) atoms. The minimum absolute atomic E-state index is 0.871. The summed E-state index contributed by atoms with van der Waals surface area (Å²) in [5, 5.41) is 0. The predicted octanol–water partition coefficient (Wildman–Crippen LogP) is 2.65. The first kappa shape index (κ1) is 6.94. The molecule has 1 heterocycles. The summed E-state index contributed by atoms with van der Waals surface area (Å²) in [4.78, 5) is 0.